The highest BCUT2D eigenvalue weighted by Gasteiger charge is 2.15. The number of carbonyl (C=O) groups excluding carboxylic acids is 3. The predicted octanol–water partition coefficient (Wildman–Crippen LogP) is 4.39. The molecule has 0 spiro atoms. The number of furan rings is 1. The molecule has 3 amide bonds. The van der Waals surface area contributed by atoms with E-state index >= 15 is 0 Å². The zero-order chi connectivity index (χ0) is 23.8. The van der Waals surface area contributed by atoms with E-state index in [4.69, 9.17) is 27.6 Å². The van der Waals surface area contributed by atoms with Crippen molar-refractivity contribution in [2.45, 2.75) is 6.54 Å². The van der Waals surface area contributed by atoms with Crippen molar-refractivity contribution in [1.82, 2.24) is 5.32 Å². The lowest BCUT2D eigenvalue weighted by Crippen LogP contribution is -2.34. The lowest BCUT2D eigenvalue weighted by molar-refractivity contribution is -0.136. The molecule has 0 bridgehead atoms. The minimum atomic E-state index is -0.842. The fourth-order valence-corrected chi connectivity index (χ4v) is 2.89. The average Bonchev–Trinajstić information content (AvgIpc) is 3.26. The fourth-order valence-electron chi connectivity index (χ4n) is 2.59. The molecule has 3 rings (SSSR count). The number of rotatable bonds is 6. The van der Waals surface area contributed by atoms with Crippen LogP contribution < -0.4 is 16.0 Å². The molecule has 0 radical (unpaired) electrons. The van der Waals surface area contributed by atoms with Crippen molar-refractivity contribution >= 4 is 58.4 Å². The molecule has 0 saturated heterocycles. The number of nitrogens with one attached hydrogen (secondary N) is 3. The first-order chi connectivity index (χ1) is 15.9. The third-order valence-electron chi connectivity index (χ3n) is 4.17. The number of amides is 3. The summed E-state index contributed by atoms with van der Waals surface area (Å²) < 4.78 is 5.51. The van der Waals surface area contributed by atoms with E-state index in [0.717, 1.165) is 0 Å². The van der Waals surface area contributed by atoms with Gasteiger partial charge in [0.2, 0.25) is 0 Å². The molecular weight excluding hydrogens is 467 g/mol. The van der Waals surface area contributed by atoms with Crippen molar-refractivity contribution in [3.8, 4) is 6.07 Å². The Kier molecular flexibility index (Phi) is 7.86. The SMILES string of the molecule is N#C/C(=C/c1ccc(CNC(=O)C(=O)Nc2ccccc2)o1)C(=O)Nc1ccc(Cl)c(Cl)c1. The maximum absolute atomic E-state index is 12.4. The number of nitrogens with zero attached hydrogens (tertiary/aromatic N) is 1. The van der Waals surface area contributed by atoms with Crippen LogP contribution in [0.2, 0.25) is 10.0 Å². The molecule has 1 aromatic heterocycles. The van der Waals surface area contributed by atoms with E-state index in [0.29, 0.717) is 22.2 Å². The van der Waals surface area contributed by atoms with Crippen molar-refractivity contribution in [2.24, 2.45) is 0 Å². The number of benzene rings is 2. The highest BCUT2D eigenvalue weighted by molar-refractivity contribution is 6.42. The van der Waals surface area contributed by atoms with Crippen LogP contribution in [-0.4, -0.2) is 17.7 Å². The quantitative estimate of drug-likeness (QED) is 0.273. The van der Waals surface area contributed by atoms with Gasteiger partial charge < -0.3 is 20.4 Å². The Morgan fingerprint density at radius 1 is 0.879 bits per heavy atom. The minimum absolute atomic E-state index is 0.0633. The van der Waals surface area contributed by atoms with Gasteiger partial charge >= 0.3 is 11.8 Å². The second kappa shape index (κ2) is 11.0. The number of hydrogen-bond donors (Lipinski definition) is 3. The van der Waals surface area contributed by atoms with Crippen molar-refractivity contribution in [1.29, 1.82) is 5.26 Å². The van der Waals surface area contributed by atoms with Gasteiger partial charge in [0.25, 0.3) is 5.91 Å². The number of carbonyl (C=O) groups is 3. The van der Waals surface area contributed by atoms with E-state index in [1.54, 1.807) is 48.5 Å². The Morgan fingerprint density at radius 3 is 2.30 bits per heavy atom. The molecular formula is C23H16Cl2N4O4. The molecule has 166 valence electrons. The van der Waals surface area contributed by atoms with Crippen LogP contribution in [-0.2, 0) is 20.9 Å². The third-order valence-corrected chi connectivity index (χ3v) is 4.91. The van der Waals surface area contributed by atoms with E-state index in [-0.39, 0.29) is 22.9 Å². The monoisotopic (exact) mass is 482 g/mol. The topological polar surface area (TPSA) is 124 Å². The van der Waals surface area contributed by atoms with Crippen LogP contribution in [0.3, 0.4) is 0 Å². The molecule has 3 N–H and O–H groups in total. The summed E-state index contributed by atoms with van der Waals surface area (Å²) in [6.45, 7) is -0.0633. The van der Waals surface area contributed by atoms with Gasteiger partial charge in [-0.25, -0.2) is 0 Å². The Labute approximate surface area is 198 Å². The summed E-state index contributed by atoms with van der Waals surface area (Å²) in [5, 5.41) is 17.4. The van der Waals surface area contributed by atoms with Crippen LogP contribution in [0.1, 0.15) is 11.5 Å². The van der Waals surface area contributed by atoms with Crippen molar-refractivity contribution in [3.05, 3.63) is 87.8 Å². The van der Waals surface area contributed by atoms with E-state index in [9.17, 15) is 19.6 Å². The zero-order valence-electron chi connectivity index (χ0n) is 16.9. The van der Waals surface area contributed by atoms with Gasteiger partial charge in [0.1, 0.15) is 23.2 Å². The van der Waals surface area contributed by atoms with E-state index in [1.807, 2.05) is 0 Å². The first-order valence-corrected chi connectivity index (χ1v) is 10.2. The molecule has 1 heterocycles. The van der Waals surface area contributed by atoms with Crippen LogP contribution in [0.25, 0.3) is 6.08 Å². The Bertz CT molecular complexity index is 1260. The minimum Gasteiger partial charge on any atom is -0.460 e. The Morgan fingerprint density at radius 2 is 1.61 bits per heavy atom. The molecule has 0 unspecified atom stereocenters. The van der Waals surface area contributed by atoms with Crippen LogP contribution in [0.5, 0.6) is 0 Å². The summed E-state index contributed by atoms with van der Waals surface area (Å²) >= 11 is 11.8. The summed E-state index contributed by atoms with van der Waals surface area (Å²) in [6, 6.07) is 17.9. The first kappa shape index (κ1) is 23.6. The molecule has 33 heavy (non-hydrogen) atoms. The van der Waals surface area contributed by atoms with Gasteiger partial charge in [-0.3, -0.25) is 14.4 Å². The molecule has 0 saturated carbocycles. The van der Waals surface area contributed by atoms with Crippen LogP contribution >= 0.6 is 23.2 Å². The lowest BCUT2D eigenvalue weighted by atomic mass is 10.2. The number of hydrogen-bond acceptors (Lipinski definition) is 5. The first-order valence-electron chi connectivity index (χ1n) is 9.47. The van der Waals surface area contributed by atoms with Crippen LogP contribution in [0.4, 0.5) is 11.4 Å². The highest BCUT2D eigenvalue weighted by Crippen LogP contribution is 2.25. The molecule has 0 fully saturated rings. The van der Waals surface area contributed by atoms with Gasteiger partial charge in [0.05, 0.1) is 16.6 Å². The van der Waals surface area contributed by atoms with E-state index in [1.165, 1.54) is 24.3 Å². The standard InChI is InChI=1S/C23H16Cl2N4O4/c24-19-9-6-16(11-20(19)25)29-21(30)14(12-26)10-17-7-8-18(33-17)13-27-22(31)23(32)28-15-4-2-1-3-5-15/h1-11H,13H2,(H,27,31)(H,28,32)(H,29,30)/b14-10-. The normalized spacial score (nSPS) is 10.8. The maximum Gasteiger partial charge on any atom is 0.313 e. The van der Waals surface area contributed by atoms with E-state index < -0.39 is 17.7 Å². The van der Waals surface area contributed by atoms with Gasteiger partial charge in [-0.1, -0.05) is 41.4 Å². The summed E-state index contributed by atoms with van der Waals surface area (Å²) in [5.41, 5.74) is 0.645. The molecule has 0 aliphatic carbocycles. The smallest absolute Gasteiger partial charge is 0.313 e. The predicted molar refractivity (Wildman–Crippen MR) is 124 cm³/mol. The average molecular weight is 483 g/mol. The number of anilines is 2. The van der Waals surface area contributed by atoms with Gasteiger partial charge in [-0.05, 0) is 42.5 Å². The number of nitriles is 1. The molecule has 0 aliphatic rings. The van der Waals surface area contributed by atoms with Crippen LogP contribution in [0, 0.1) is 11.3 Å². The largest absolute Gasteiger partial charge is 0.460 e. The summed E-state index contributed by atoms with van der Waals surface area (Å²) in [5.74, 6) is -1.79. The number of para-hydroxylation sites is 1. The maximum atomic E-state index is 12.4. The van der Waals surface area contributed by atoms with Gasteiger partial charge in [-0.15, -0.1) is 0 Å². The number of halogens is 2. The molecule has 0 atom stereocenters. The summed E-state index contributed by atoms with van der Waals surface area (Å²) in [7, 11) is 0. The second-order valence-electron chi connectivity index (χ2n) is 6.56. The van der Waals surface area contributed by atoms with Gasteiger partial charge in [0, 0.05) is 17.5 Å². The molecule has 0 aliphatic heterocycles. The summed E-state index contributed by atoms with van der Waals surface area (Å²) in [6.07, 6.45) is 1.25. The lowest BCUT2D eigenvalue weighted by Gasteiger charge is -2.05. The Hall–Kier alpha value is -4.06. The van der Waals surface area contributed by atoms with Crippen LogP contribution in [0.15, 0.2) is 70.7 Å². The van der Waals surface area contributed by atoms with Crippen molar-refractivity contribution in [2.75, 3.05) is 10.6 Å². The summed E-state index contributed by atoms with van der Waals surface area (Å²) in [4.78, 5) is 36.3. The van der Waals surface area contributed by atoms with Crippen molar-refractivity contribution in [3.63, 3.8) is 0 Å². The highest BCUT2D eigenvalue weighted by atomic mass is 35.5. The third kappa shape index (κ3) is 6.71. The molecule has 3 aromatic rings. The molecule has 10 heteroatoms. The second-order valence-corrected chi connectivity index (χ2v) is 7.37. The van der Waals surface area contributed by atoms with Gasteiger partial charge in [0.15, 0.2) is 0 Å². The Balaban J connectivity index is 1.58. The molecule has 8 nitrogen and oxygen atoms in total. The van der Waals surface area contributed by atoms with E-state index in [2.05, 4.69) is 16.0 Å². The van der Waals surface area contributed by atoms with Crippen molar-refractivity contribution < 1.29 is 18.8 Å². The fraction of sp³-hybridized carbons (Fsp3) is 0.0435. The van der Waals surface area contributed by atoms with Gasteiger partial charge in [-0.2, -0.15) is 5.26 Å². The zero-order valence-corrected chi connectivity index (χ0v) is 18.4. The molecule has 2 aromatic carbocycles.